The molecule has 6 nitrogen and oxygen atoms in total. The first-order chi connectivity index (χ1) is 17.0. The van der Waals surface area contributed by atoms with Crippen molar-refractivity contribution in [3.63, 3.8) is 0 Å². The van der Waals surface area contributed by atoms with Gasteiger partial charge in [0, 0.05) is 25.4 Å². The molecule has 0 spiro atoms. The number of hydrogen-bond acceptors (Lipinski definition) is 5. The smallest absolute Gasteiger partial charge is 0.306 e. The predicted molar refractivity (Wildman–Crippen MR) is 136 cm³/mol. The van der Waals surface area contributed by atoms with Gasteiger partial charge in [0.1, 0.15) is 5.75 Å². The van der Waals surface area contributed by atoms with Crippen molar-refractivity contribution in [2.75, 3.05) is 33.4 Å². The minimum atomic E-state index is -0.776. The molecule has 1 aliphatic heterocycles. The molecule has 1 N–H and O–H groups in total. The van der Waals surface area contributed by atoms with Gasteiger partial charge in [-0.2, -0.15) is 0 Å². The van der Waals surface area contributed by atoms with Crippen LogP contribution in [0.1, 0.15) is 50.5 Å². The first-order valence-electron chi connectivity index (χ1n) is 12.8. The average molecular weight is 480 g/mol. The summed E-state index contributed by atoms with van der Waals surface area (Å²) in [5.74, 6) is -0.634. The summed E-state index contributed by atoms with van der Waals surface area (Å²) >= 11 is 0. The molecule has 0 bridgehead atoms. The van der Waals surface area contributed by atoms with Gasteiger partial charge < -0.3 is 14.6 Å². The molecular weight excluding hydrogens is 442 g/mol. The molecule has 2 aromatic carbocycles. The van der Waals surface area contributed by atoms with Gasteiger partial charge in [0.25, 0.3) is 0 Å². The Hall–Kier alpha value is -2.70. The summed E-state index contributed by atoms with van der Waals surface area (Å²) in [7, 11) is 1.65. The zero-order valence-corrected chi connectivity index (χ0v) is 20.8. The number of ketones is 1. The highest BCUT2D eigenvalue weighted by molar-refractivity contribution is 5.89. The van der Waals surface area contributed by atoms with Gasteiger partial charge in [-0.05, 0) is 41.2 Å². The van der Waals surface area contributed by atoms with Crippen LogP contribution in [-0.4, -0.2) is 61.2 Å². The third-order valence-electron chi connectivity index (χ3n) is 7.68. The van der Waals surface area contributed by atoms with E-state index in [1.54, 1.807) is 7.11 Å². The number of carboxylic acids is 1. The summed E-state index contributed by atoms with van der Waals surface area (Å²) in [6, 6.07) is 16.0. The van der Waals surface area contributed by atoms with E-state index in [0.29, 0.717) is 39.1 Å². The van der Waals surface area contributed by atoms with Gasteiger partial charge in [0.2, 0.25) is 0 Å². The van der Waals surface area contributed by atoms with Gasteiger partial charge >= 0.3 is 5.97 Å². The zero-order chi connectivity index (χ0) is 24.8. The molecule has 1 heterocycles. The number of nitrogens with zero attached hydrogens (tertiary/aromatic N) is 1. The maximum Gasteiger partial charge on any atom is 0.306 e. The maximum atomic E-state index is 13.4. The van der Waals surface area contributed by atoms with Crippen LogP contribution in [0.3, 0.4) is 0 Å². The molecule has 4 rings (SSSR count). The third-order valence-corrected chi connectivity index (χ3v) is 7.68. The summed E-state index contributed by atoms with van der Waals surface area (Å²) in [5, 5.41) is 10.2. The van der Waals surface area contributed by atoms with Crippen LogP contribution in [0.4, 0.5) is 0 Å². The van der Waals surface area contributed by atoms with Gasteiger partial charge in [-0.25, -0.2) is 0 Å². The van der Waals surface area contributed by atoms with Crippen molar-refractivity contribution in [3.05, 3.63) is 54.1 Å². The van der Waals surface area contributed by atoms with E-state index in [1.165, 1.54) is 0 Å². The molecular formula is C29H37NO5. The number of morpholine rings is 1. The summed E-state index contributed by atoms with van der Waals surface area (Å²) in [6.07, 6.45) is 3.89. The summed E-state index contributed by atoms with van der Waals surface area (Å²) in [5.41, 5.74) is 3.22. The lowest BCUT2D eigenvalue weighted by atomic mass is 9.76. The number of carbonyl (C=O) groups excluding carboxylic acids is 1. The average Bonchev–Trinajstić information content (AvgIpc) is 3.23. The van der Waals surface area contributed by atoms with Crippen molar-refractivity contribution >= 4 is 11.8 Å². The van der Waals surface area contributed by atoms with Crippen molar-refractivity contribution < 1.29 is 24.2 Å². The number of rotatable bonds is 10. The Bertz CT molecular complexity index is 981. The molecule has 2 fully saturated rings. The molecule has 1 saturated heterocycles. The summed E-state index contributed by atoms with van der Waals surface area (Å²) in [4.78, 5) is 28.0. The maximum absolute atomic E-state index is 13.4. The van der Waals surface area contributed by atoms with Crippen LogP contribution < -0.4 is 4.74 Å². The molecule has 2 aromatic rings. The van der Waals surface area contributed by atoms with E-state index in [2.05, 4.69) is 36.1 Å². The van der Waals surface area contributed by atoms with Crippen LogP contribution in [0.2, 0.25) is 0 Å². The van der Waals surface area contributed by atoms with Crippen LogP contribution in [0, 0.1) is 11.8 Å². The molecule has 6 heteroatoms. The van der Waals surface area contributed by atoms with E-state index in [1.807, 2.05) is 24.3 Å². The van der Waals surface area contributed by atoms with Crippen LogP contribution >= 0.6 is 0 Å². The lowest BCUT2D eigenvalue weighted by Gasteiger charge is -2.37. The Kier molecular flexibility index (Phi) is 8.58. The van der Waals surface area contributed by atoms with Crippen LogP contribution in [0.25, 0.3) is 11.1 Å². The molecule has 0 amide bonds. The number of Topliss-reactive ketones (excluding diaryl/α,β-unsaturated/α-hetero) is 1. The molecule has 0 radical (unpaired) electrons. The Morgan fingerprint density at radius 2 is 1.69 bits per heavy atom. The van der Waals surface area contributed by atoms with Crippen LogP contribution in [0.5, 0.6) is 5.75 Å². The number of carboxylic acid groups (broad SMARTS) is 1. The second-order valence-corrected chi connectivity index (χ2v) is 9.74. The van der Waals surface area contributed by atoms with Crippen LogP contribution in [-0.2, 0) is 14.3 Å². The highest BCUT2D eigenvalue weighted by atomic mass is 16.5. The molecule has 2 aliphatic rings. The Morgan fingerprint density at radius 1 is 1.06 bits per heavy atom. The standard InChI is InChI=1S/C29H37NO5/c1-3-4-5-6-24(29(32)33)25-19-26(31)28(30-15-17-35-18-16-30)27(25)22-9-7-20(8-10-22)21-11-13-23(34-2)14-12-21/h7-14,24-25,27-28H,3-6,15-19H2,1-2H3,(H,32,33)/t24?,25-,27+,28+/m0/s1. The van der Waals surface area contributed by atoms with Crippen molar-refractivity contribution in [3.8, 4) is 16.9 Å². The second kappa shape index (κ2) is 11.8. The van der Waals surface area contributed by atoms with E-state index in [-0.39, 0.29) is 23.7 Å². The predicted octanol–water partition coefficient (Wildman–Crippen LogP) is 5.02. The number of benzene rings is 2. The normalized spacial score (nSPS) is 23.8. The van der Waals surface area contributed by atoms with Crippen molar-refractivity contribution in [2.45, 2.75) is 51.0 Å². The van der Waals surface area contributed by atoms with Gasteiger partial charge in [-0.1, -0.05) is 62.6 Å². The molecule has 1 unspecified atom stereocenters. The van der Waals surface area contributed by atoms with Crippen molar-refractivity contribution in [1.29, 1.82) is 0 Å². The fraction of sp³-hybridized carbons (Fsp3) is 0.517. The Labute approximate surface area is 208 Å². The largest absolute Gasteiger partial charge is 0.497 e. The van der Waals surface area contributed by atoms with Gasteiger partial charge in [-0.3, -0.25) is 14.5 Å². The lowest BCUT2D eigenvalue weighted by molar-refractivity contribution is -0.144. The number of carbonyl (C=O) groups is 2. The third kappa shape index (κ3) is 5.76. The fourth-order valence-corrected chi connectivity index (χ4v) is 5.84. The fourth-order valence-electron chi connectivity index (χ4n) is 5.84. The topological polar surface area (TPSA) is 76.1 Å². The van der Waals surface area contributed by atoms with Gasteiger partial charge in [-0.15, -0.1) is 0 Å². The number of hydrogen-bond donors (Lipinski definition) is 1. The molecule has 1 aliphatic carbocycles. The highest BCUT2D eigenvalue weighted by Gasteiger charge is 2.50. The highest BCUT2D eigenvalue weighted by Crippen LogP contribution is 2.46. The number of unbranched alkanes of at least 4 members (excludes halogenated alkanes) is 2. The second-order valence-electron chi connectivity index (χ2n) is 9.74. The molecule has 4 atom stereocenters. The van der Waals surface area contributed by atoms with Gasteiger partial charge in [0.15, 0.2) is 5.78 Å². The summed E-state index contributed by atoms with van der Waals surface area (Å²) in [6.45, 7) is 4.75. The quantitative estimate of drug-likeness (QED) is 0.483. The van der Waals surface area contributed by atoms with Crippen LogP contribution in [0.15, 0.2) is 48.5 Å². The Morgan fingerprint density at radius 3 is 2.26 bits per heavy atom. The minimum Gasteiger partial charge on any atom is -0.497 e. The van der Waals surface area contributed by atoms with E-state index < -0.39 is 11.9 Å². The first kappa shape index (κ1) is 25.4. The van der Waals surface area contributed by atoms with E-state index in [0.717, 1.165) is 41.7 Å². The lowest BCUT2D eigenvalue weighted by Crippen LogP contribution is -2.48. The molecule has 188 valence electrons. The van der Waals surface area contributed by atoms with Crippen molar-refractivity contribution in [1.82, 2.24) is 4.90 Å². The number of ether oxygens (including phenoxy) is 2. The monoisotopic (exact) mass is 479 g/mol. The SMILES string of the molecule is CCCCCC(C(=O)O)[C@@H]1CC(=O)[C@@H](N2CCOCC2)[C@@H]1c1ccc(-c2ccc(OC)cc2)cc1. The molecule has 1 saturated carbocycles. The van der Waals surface area contributed by atoms with Gasteiger partial charge in [0.05, 0.1) is 32.3 Å². The van der Waals surface area contributed by atoms with E-state index in [9.17, 15) is 14.7 Å². The van der Waals surface area contributed by atoms with E-state index >= 15 is 0 Å². The first-order valence-corrected chi connectivity index (χ1v) is 12.8. The number of methoxy groups -OCH3 is 1. The number of aliphatic carboxylic acids is 1. The zero-order valence-electron chi connectivity index (χ0n) is 20.8. The van der Waals surface area contributed by atoms with E-state index in [4.69, 9.17) is 9.47 Å². The summed E-state index contributed by atoms with van der Waals surface area (Å²) < 4.78 is 10.8. The molecule has 35 heavy (non-hydrogen) atoms. The Balaban J connectivity index is 1.65. The molecule has 0 aromatic heterocycles. The minimum absolute atomic E-state index is 0.131. The van der Waals surface area contributed by atoms with Crippen molar-refractivity contribution in [2.24, 2.45) is 11.8 Å².